The van der Waals surface area contributed by atoms with E-state index in [4.69, 9.17) is 0 Å². The average molecular weight is 370 g/mol. The molecule has 126 valence electrons. The summed E-state index contributed by atoms with van der Waals surface area (Å²) in [6, 6.07) is 7.36. The van der Waals surface area contributed by atoms with E-state index in [1.165, 1.54) is 35.7 Å². The van der Waals surface area contributed by atoms with E-state index in [9.17, 15) is 9.59 Å². The Kier molecular flexibility index (Phi) is 5.32. The molecule has 0 aliphatic carbocycles. The van der Waals surface area contributed by atoms with Gasteiger partial charge in [0.05, 0.1) is 5.69 Å². The van der Waals surface area contributed by atoms with Gasteiger partial charge in [-0.3, -0.25) is 14.9 Å². The third kappa shape index (κ3) is 4.82. The number of nitrogens with zero attached hydrogens (tertiary/aromatic N) is 2. The van der Waals surface area contributed by atoms with Gasteiger partial charge in [-0.2, -0.15) is 0 Å². The molecule has 2 aromatic heterocycles. The van der Waals surface area contributed by atoms with Crippen LogP contribution in [0, 0.1) is 0 Å². The first-order valence-electron chi connectivity index (χ1n) is 7.32. The molecule has 0 saturated carbocycles. The van der Waals surface area contributed by atoms with Crippen LogP contribution in [0.1, 0.15) is 11.9 Å². The van der Waals surface area contributed by atoms with Gasteiger partial charge < -0.3 is 5.32 Å². The van der Waals surface area contributed by atoms with Crippen LogP contribution in [0.25, 0.3) is 17.3 Å². The second-order valence-electron chi connectivity index (χ2n) is 4.99. The topological polar surface area (TPSA) is 84.0 Å². The van der Waals surface area contributed by atoms with Gasteiger partial charge in [0, 0.05) is 41.2 Å². The highest BCUT2D eigenvalue weighted by atomic mass is 32.1. The molecule has 1 aromatic carbocycles. The maximum absolute atomic E-state index is 11.9. The van der Waals surface area contributed by atoms with Crippen molar-refractivity contribution in [3.05, 3.63) is 52.3 Å². The lowest BCUT2D eigenvalue weighted by Gasteiger charge is -2.02. The summed E-state index contributed by atoms with van der Waals surface area (Å²) in [5, 5.41) is 10.5. The maximum Gasteiger partial charge on any atom is 0.250 e. The largest absolute Gasteiger partial charge is 0.326 e. The van der Waals surface area contributed by atoms with Crippen LogP contribution in [0.4, 0.5) is 10.8 Å². The number of amides is 2. The molecule has 3 rings (SSSR count). The molecule has 25 heavy (non-hydrogen) atoms. The number of hydrogen-bond donors (Lipinski definition) is 2. The SMILES string of the molecule is CC(=O)Nc1ccc(-c2csc(NC(=O)/C=C/c3nccs3)n2)cc1. The Morgan fingerprint density at radius 2 is 1.92 bits per heavy atom. The van der Waals surface area contributed by atoms with Crippen molar-refractivity contribution in [2.24, 2.45) is 0 Å². The fourth-order valence-electron chi connectivity index (χ4n) is 2.00. The normalized spacial score (nSPS) is 10.8. The smallest absolute Gasteiger partial charge is 0.250 e. The molecular weight excluding hydrogens is 356 g/mol. The summed E-state index contributed by atoms with van der Waals surface area (Å²) in [5.74, 6) is -0.366. The molecule has 2 N–H and O–H groups in total. The van der Waals surface area contributed by atoms with Crippen LogP contribution < -0.4 is 10.6 Å². The zero-order valence-electron chi connectivity index (χ0n) is 13.2. The molecule has 0 aliphatic heterocycles. The van der Waals surface area contributed by atoms with Crippen molar-refractivity contribution in [1.82, 2.24) is 9.97 Å². The number of nitrogens with one attached hydrogen (secondary N) is 2. The van der Waals surface area contributed by atoms with Crippen molar-refractivity contribution < 1.29 is 9.59 Å². The van der Waals surface area contributed by atoms with Crippen molar-refractivity contribution in [1.29, 1.82) is 0 Å². The second kappa shape index (κ2) is 7.82. The van der Waals surface area contributed by atoms with Gasteiger partial charge >= 0.3 is 0 Å². The Labute approximate surface area is 152 Å². The molecule has 0 saturated heterocycles. The van der Waals surface area contributed by atoms with Crippen molar-refractivity contribution in [3.8, 4) is 11.3 Å². The Balaban J connectivity index is 1.63. The molecule has 2 heterocycles. The minimum atomic E-state index is -0.253. The van der Waals surface area contributed by atoms with Crippen LogP contribution in [0.15, 0.2) is 47.3 Å². The summed E-state index contributed by atoms with van der Waals surface area (Å²) in [6.07, 6.45) is 4.78. The predicted molar refractivity (Wildman–Crippen MR) is 102 cm³/mol. The van der Waals surface area contributed by atoms with Crippen molar-refractivity contribution in [2.45, 2.75) is 6.92 Å². The molecule has 6 nitrogen and oxygen atoms in total. The van der Waals surface area contributed by atoms with Crippen molar-refractivity contribution in [2.75, 3.05) is 10.6 Å². The standard InChI is InChI=1S/C17H14N4O2S2/c1-11(22)19-13-4-2-12(3-5-13)14-10-25-17(20-14)21-15(23)6-7-16-18-8-9-24-16/h2-10H,1H3,(H,19,22)(H,20,21,23)/b7-6+. The van der Waals surface area contributed by atoms with Gasteiger partial charge in [0.15, 0.2) is 5.13 Å². The summed E-state index contributed by atoms with van der Waals surface area (Å²) < 4.78 is 0. The zero-order valence-corrected chi connectivity index (χ0v) is 14.9. The van der Waals surface area contributed by atoms with E-state index < -0.39 is 0 Å². The van der Waals surface area contributed by atoms with Crippen molar-refractivity contribution in [3.63, 3.8) is 0 Å². The number of carbonyl (C=O) groups excluding carboxylic acids is 2. The highest BCUT2D eigenvalue weighted by Gasteiger charge is 2.07. The van der Waals surface area contributed by atoms with Crippen LogP contribution in [0.2, 0.25) is 0 Å². The van der Waals surface area contributed by atoms with Crippen LogP contribution in [-0.4, -0.2) is 21.8 Å². The molecule has 0 bridgehead atoms. The summed E-state index contributed by atoms with van der Waals surface area (Å²) in [4.78, 5) is 31.4. The monoisotopic (exact) mass is 370 g/mol. The fraction of sp³-hybridized carbons (Fsp3) is 0.0588. The lowest BCUT2D eigenvalue weighted by atomic mass is 10.1. The Morgan fingerprint density at radius 1 is 1.12 bits per heavy atom. The molecule has 0 unspecified atom stereocenters. The van der Waals surface area contributed by atoms with Crippen LogP contribution in [0.3, 0.4) is 0 Å². The average Bonchev–Trinajstić information content (AvgIpc) is 3.25. The summed E-state index contributed by atoms with van der Waals surface area (Å²) in [7, 11) is 0. The van der Waals surface area contributed by atoms with E-state index in [1.54, 1.807) is 12.3 Å². The first-order valence-corrected chi connectivity index (χ1v) is 9.08. The van der Waals surface area contributed by atoms with Gasteiger partial charge in [0.25, 0.3) is 0 Å². The van der Waals surface area contributed by atoms with Gasteiger partial charge in [-0.05, 0) is 18.2 Å². The molecule has 8 heteroatoms. The third-order valence-corrected chi connectivity index (χ3v) is 4.56. The van der Waals surface area contributed by atoms with E-state index in [-0.39, 0.29) is 11.8 Å². The molecule has 0 radical (unpaired) electrons. The van der Waals surface area contributed by atoms with Crippen molar-refractivity contribution >= 4 is 51.4 Å². The minimum absolute atomic E-state index is 0.114. The molecule has 0 spiro atoms. The van der Waals surface area contributed by atoms with E-state index in [1.807, 2.05) is 35.0 Å². The van der Waals surface area contributed by atoms with E-state index >= 15 is 0 Å². The number of carbonyl (C=O) groups is 2. The minimum Gasteiger partial charge on any atom is -0.326 e. The Bertz CT molecular complexity index is 899. The van der Waals surface area contributed by atoms with Gasteiger partial charge in [0.2, 0.25) is 11.8 Å². The number of rotatable bonds is 5. The zero-order chi connectivity index (χ0) is 17.6. The molecule has 0 atom stereocenters. The highest BCUT2D eigenvalue weighted by Crippen LogP contribution is 2.26. The number of thiazole rings is 2. The predicted octanol–water partition coefficient (Wildman–Crippen LogP) is 3.88. The van der Waals surface area contributed by atoms with E-state index in [0.29, 0.717) is 5.13 Å². The van der Waals surface area contributed by atoms with Crippen LogP contribution in [-0.2, 0) is 9.59 Å². The number of hydrogen-bond acceptors (Lipinski definition) is 6. The molecule has 0 fully saturated rings. The molecule has 0 aliphatic rings. The maximum atomic E-state index is 11.9. The first kappa shape index (κ1) is 17.0. The quantitative estimate of drug-likeness (QED) is 0.668. The lowest BCUT2D eigenvalue weighted by molar-refractivity contribution is -0.114. The van der Waals surface area contributed by atoms with Gasteiger partial charge in [-0.1, -0.05) is 12.1 Å². The van der Waals surface area contributed by atoms with E-state index in [2.05, 4.69) is 20.6 Å². The van der Waals surface area contributed by atoms with Gasteiger partial charge in [-0.15, -0.1) is 22.7 Å². The van der Waals surface area contributed by atoms with E-state index in [0.717, 1.165) is 22.0 Å². The van der Waals surface area contributed by atoms with Crippen LogP contribution in [0.5, 0.6) is 0 Å². The summed E-state index contributed by atoms with van der Waals surface area (Å²) in [6.45, 7) is 1.46. The number of benzene rings is 1. The molecule has 3 aromatic rings. The fourth-order valence-corrected chi connectivity index (χ4v) is 3.25. The summed E-state index contributed by atoms with van der Waals surface area (Å²) >= 11 is 2.81. The molecular formula is C17H14N4O2S2. The van der Waals surface area contributed by atoms with Gasteiger partial charge in [-0.25, -0.2) is 9.97 Å². The number of anilines is 2. The molecule has 2 amide bonds. The number of aromatic nitrogens is 2. The Morgan fingerprint density at radius 3 is 2.60 bits per heavy atom. The van der Waals surface area contributed by atoms with Crippen LogP contribution >= 0.6 is 22.7 Å². The lowest BCUT2D eigenvalue weighted by Crippen LogP contribution is -2.07. The highest BCUT2D eigenvalue weighted by molar-refractivity contribution is 7.14. The Hall–Kier alpha value is -2.84. The third-order valence-electron chi connectivity index (χ3n) is 3.06. The van der Waals surface area contributed by atoms with Gasteiger partial charge in [0.1, 0.15) is 5.01 Å². The second-order valence-corrected chi connectivity index (χ2v) is 6.77. The first-order chi connectivity index (χ1) is 12.1. The summed E-state index contributed by atoms with van der Waals surface area (Å²) in [5.41, 5.74) is 2.40.